The smallest absolute Gasteiger partial charge is 0.296 e. The van der Waals surface area contributed by atoms with Gasteiger partial charge in [-0.1, -0.05) is 6.42 Å². The molecule has 1 aliphatic heterocycles. The van der Waals surface area contributed by atoms with Gasteiger partial charge >= 0.3 is 0 Å². The zero-order valence-electron chi connectivity index (χ0n) is 11.6. The SMILES string of the molecule is CC(CC1CCCCN1)Nc1ccc(O)cc1[N+](=O)[O-]. The summed E-state index contributed by atoms with van der Waals surface area (Å²) in [7, 11) is 0. The molecule has 2 rings (SSSR count). The number of nitro groups is 1. The first-order valence-electron chi connectivity index (χ1n) is 7.03. The van der Waals surface area contributed by atoms with Gasteiger partial charge in [0.25, 0.3) is 5.69 Å². The summed E-state index contributed by atoms with van der Waals surface area (Å²) in [6.45, 7) is 3.07. The van der Waals surface area contributed by atoms with Crippen molar-refractivity contribution in [3.8, 4) is 5.75 Å². The molecule has 6 heteroatoms. The molecule has 20 heavy (non-hydrogen) atoms. The number of nitrogens with one attached hydrogen (secondary N) is 2. The van der Waals surface area contributed by atoms with Crippen LogP contribution in [0.3, 0.4) is 0 Å². The van der Waals surface area contributed by atoms with Crippen molar-refractivity contribution in [3.63, 3.8) is 0 Å². The number of nitro benzene ring substituents is 1. The highest BCUT2D eigenvalue weighted by Crippen LogP contribution is 2.29. The van der Waals surface area contributed by atoms with E-state index in [1.807, 2.05) is 6.92 Å². The molecule has 1 aromatic carbocycles. The lowest BCUT2D eigenvalue weighted by molar-refractivity contribution is -0.384. The number of phenolic OH excluding ortho intramolecular Hbond substituents is 1. The Morgan fingerprint density at radius 2 is 2.35 bits per heavy atom. The van der Waals surface area contributed by atoms with Gasteiger partial charge < -0.3 is 15.7 Å². The van der Waals surface area contributed by atoms with Gasteiger partial charge in [0.15, 0.2) is 0 Å². The maximum Gasteiger partial charge on any atom is 0.296 e. The number of phenols is 1. The fraction of sp³-hybridized carbons (Fsp3) is 0.571. The van der Waals surface area contributed by atoms with E-state index in [4.69, 9.17) is 0 Å². The van der Waals surface area contributed by atoms with Crippen molar-refractivity contribution in [3.05, 3.63) is 28.3 Å². The fourth-order valence-electron chi connectivity index (χ4n) is 2.67. The molecule has 1 aromatic rings. The summed E-state index contributed by atoms with van der Waals surface area (Å²) in [5.74, 6) is -0.0937. The van der Waals surface area contributed by atoms with Crippen molar-refractivity contribution in [2.45, 2.75) is 44.7 Å². The van der Waals surface area contributed by atoms with Crippen LogP contribution in [0, 0.1) is 10.1 Å². The van der Waals surface area contributed by atoms with Crippen molar-refractivity contribution < 1.29 is 10.0 Å². The number of anilines is 1. The summed E-state index contributed by atoms with van der Waals surface area (Å²) >= 11 is 0. The second-order valence-corrected chi connectivity index (χ2v) is 5.39. The Bertz CT molecular complexity index is 473. The molecule has 1 saturated heterocycles. The molecule has 2 unspecified atom stereocenters. The molecule has 0 aliphatic carbocycles. The van der Waals surface area contributed by atoms with E-state index in [0.29, 0.717) is 11.7 Å². The lowest BCUT2D eigenvalue weighted by atomic mass is 9.98. The zero-order valence-corrected chi connectivity index (χ0v) is 11.6. The quantitative estimate of drug-likeness (QED) is 0.438. The first kappa shape index (κ1) is 14.6. The van der Waals surface area contributed by atoms with Crippen molar-refractivity contribution in [2.24, 2.45) is 0 Å². The lowest BCUT2D eigenvalue weighted by Gasteiger charge is -2.27. The van der Waals surface area contributed by atoms with Crippen LogP contribution in [0.1, 0.15) is 32.6 Å². The predicted octanol–water partition coefficient (Wildman–Crippen LogP) is 2.63. The van der Waals surface area contributed by atoms with Crippen molar-refractivity contribution >= 4 is 11.4 Å². The number of hydrogen-bond acceptors (Lipinski definition) is 5. The Morgan fingerprint density at radius 1 is 1.55 bits per heavy atom. The van der Waals surface area contributed by atoms with Crippen LogP contribution >= 0.6 is 0 Å². The fourth-order valence-corrected chi connectivity index (χ4v) is 2.67. The monoisotopic (exact) mass is 279 g/mol. The molecule has 110 valence electrons. The van der Waals surface area contributed by atoms with Crippen LogP contribution in [0.15, 0.2) is 18.2 Å². The number of benzene rings is 1. The van der Waals surface area contributed by atoms with Crippen LogP contribution in [0.25, 0.3) is 0 Å². The van der Waals surface area contributed by atoms with E-state index >= 15 is 0 Å². The third-order valence-corrected chi connectivity index (χ3v) is 3.63. The van der Waals surface area contributed by atoms with Gasteiger partial charge in [0, 0.05) is 12.1 Å². The first-order chi connectivity index (χ1) is 9.56. The molecule has 0 amide bonds. The molecular formula is C14H21N3O3. The summed E-state index contributed by atoms with van der Waals surface area (Å²) in [6, 6.07) is 4.80. The average molecular weight is 279 g/mol. The van der Waals surface area contributed by atoms with Gasteiger partial charge in [0.05, 0.1) is 11.0 Å². The van der Waals surface area contributed by atoms with E-state index in [1.165, 1.54) is 25.0 Å². The highest BCUT2D eigenvalue weighted by Gasteiger charge is 2.19. The van der Waals surface area contributed by atoms with E-state index in [0.717, 1.165) is 19.4 Å². The van der Waals surface area contributed by atoms with Gasteiger partial charge in [-0.3, -0.25) is 10.1 Å². The minimum atomic E-state index is -0.479. The molecule has 1 heterocycles. The van der Waals surface area contributed by atoms with Crippen LogP contribution < -0.4 is 10.6 Å². The van der Waals surface area contributed by atoms with E-state index in [2.05, 4.69) is 10.6 Å². The molecular weight excluding hydrogens is 258 g/mol. The molecule has 0 radical (unpaired) electrons. The van der Waals surface area contributed by atoms with Crippen LogP contribution in [-0.4, -0.2) is 28.7 Å². The third-order valence-electron chi connectivity index (χ3n) is 3.63. The molecule has 1 aliphatic rings. The summed E-state index contributed by atoms with van der Waals surface area (Å²) in [4.78, 5) is 10.5. The molecule has 0 bridgehead atoms. The third kappa shape index (κ3) is 3.84. The minimum Gasteiger partial charge on any atom is -0.508 e. The Balaban J connectivity index is 1.99. The van der Waals surface area contributed by atoms with Gasteiger partial charge in [0.2, 0.25) is 0 Å². The number of rotatable bonds is 5. The summed E-state index contributed by atoms with van der Waals surface area (Å²) < 4.78 is 0. The Morgan fingerprint density at radius 3 is 3.00 bits per heavy atom. The first-order valence-corrected chi connectivity index (χ1v) is 7.03. The van der Waals surface area contributed by atoms with E-state index < -0.39 is 4.92 Å². The maximum atomic E-state index is 11.0. The van der Waals surface area contributed by atoms with Gasteiger partial charge in [0.1, 0.15) is 11.4 Å². The van der Waals surface area contributed by atoms with Crippen molar-refractivity contribution in [1.82, 2.24) is 5.32 Å². The molecule has 1 fully saturated rings. The normalized spacial score (nSPS) is 20.4. The Hall–Kier alpha value is -1.82. The number of aromatic hydroxyl groups is 1. The second-order valence-electron chi connectivity index (χ2n) is 5.39. The maximum absolute atomic E-state index is 11.0. The van der Waals surface area contributed by atoms with Crippen molar-refractivity contribution in [2.75, 3.05) is 11.9 Å². The van der Waals surface area contributed by atoms with Crippen molar-refractivity contribution in [1.29, 1.82) is 0 Å². The van der Waals surface area contributed by atoms with Crippen LogP contribution in [0.4, 0.5) is 11.4 Å². The molecule has 3 N–H and O–H groups in total. The number of nitrogens with zero attached hydrogens (tertiary/aromatic N) is 1. The highest BCUT2D eigenvalue weighted by atomic mass is 16.6. The lowest BCUT2D eigenvalue weighted by Crippen LogP contribution is -2.37. The highest BCUT2D eigenvalue weighted by molar-refractivity contribution is 5.64. The minimum absolute atomic E-state index is 0.0894. The standard InChI is InChI=1S/C14H21N3O3/c1-10(8-11-4-2-3-7-15-11)16-13-6-5-12(18)9-14(13)17(19)20/h5-6,9-11,15-16,18H,2-4,7-8H2,1H3. The zero-order chi connectivity index (χ0) is 14.5. The van der Waals surface area contributed by atoms with Gasteiger partial charge in [-0.25, -0.2) is 0 Å². The summed E-state index contributed by atoms with van der Waals surface area (Å²) in [6.07, 6.45) is 4.55. The average Bonchev–Trinajstić information content (AvgIpc) is 2.41. The molecule has 0 aromatic heterocycles. The Kier molecular flexibility index (Phi) is 4.79. The number of hydrogen-bond donors (Lipinski definition) is 3. The molecule has 6 nitrogen and oxygen atoms in total. The summed E-state index contributed by atoms with van der Waals surface area (Å²) in [5, 5.41) is 27.0. The van der Waals surface area contributed by atoms with E-state index in [-0.39, 0.29) is 17.5 Å². The van der Waals surface area contributed by atoms with E-state index in [1.54, 1.807) is 6.07 Å². The van der Waals surface area contributed by atoms with Gasteiger partial charge in [-0.2, -0.15) is 0 Å². The van der Waals surface area contributed by atoms with Crippen LogP contribution in [0.2, 0.25) is 0 Å². The predicted molar refractivity (Wildman–Crippen MR) is 78.1 cm³/mol. The number of piperidine rings is 1. The summed E-state index contributed by atoms with van der Waals surface area (Å²) in [5.41, 5.74) is 0.365. The molecule has 2 atom stereocenters. The Labute approximate surface area is 118 Å². The van der Waals surface area contributed by atoms with Crippen LogP contribution in [-0.2, 0) is 0 Å². The van der Waals surface area contributed by atoms with E-state index in [9.17, 15) is 15.2 Å². The largest absolute Gasteiger partial charge is 0.508 e. The topological polar surface area (TPSA) is 87.4 Å². The van der Waals surface area contributed by atoms with Gasteiger partial charge in [-0.05, 0) is 44.9 Å². The molecule has 0 saturated carbocycles. The van der Waals surface area contributed by atoms with Crippen LogP contribution in [0.5, 0.6) is 5.75 Å². The second kappa shape index (κ2) is 6.56. The molecule has 0 spiro atoms. The van der Waals surface area contributed by atoms with Gasteiger partial charge in [-0.15, -0.1) is 0 Å².